The zero-order valence-corrected chi connectivity index (χ0v) is 10.4. The van der Waals surface area contributed by atoms with Crippen LogP contribution in [-0.2, 0) is 21.9 Å². The van der Waals surface area contributed by atoms with Crippen LogP contribution in [0.2, 0.25) is 11.5 Å². The summed E-state index contributed by atoms with van der Waals surface area (Å²) >= 11 is -1.20. The summed E-state index contributed by atoms with van der Waals surface area (Å²) in [5, 5.41) is 0. The fraction of sp³-hybridized carbons (Fsp3) is 0.750. The van der Waals surface area contributed by atoms with Gasteiger partial charge >= 0.3 is 80.4 Å². The molecule has 75 valence electrons. The molecule has 0 amide bonds. The predicted octanol–water partition coefficient (Wildman–Crippen LogP) is 2.22. The van der Waals surface area contributed by atoms with Crippen molar-refractivity contribution in [3.8, 4) is 0 Å². The van der Waals surface area contributed by atoms with E-state index in [9.17, 15) is 3.87 Å². The molecule has 0 aromatic heterocycles. The summed E-state index contributed by atoms with van der Waals surface area (Å²) in [6.45, 7) is 11.6. The summed E-state index contributed by atoms with van der Waals surface area (Å²) in [4.78, 5) is 0.723. The van der Waals surface area contributed by atoms with E-state index >= 15 is 0 Å². The quantitative estimate of drug-likeness (QED) is 0.680. The zero-order chi connectivity index (χ0) is 9.72. The van der Waals surface area contributed by atoms with E-state index < -0.39 is 22.6 Å². The Morgan fingerprint density at radius 1 is 1.67 bits per heavy atom. The van der Waals surface area contributed by atoms with Gasteiger partial charge in [-0.05, 0) is 0 Å². The van der Waals surface area contributed by atoms with E-state index in [4.69, 9.17) is 4.43 Å². The first-order chi connectivity index (χ1) is 5.43. The molecule has 0 aliphatic carbocycles. The van der Waals surface area contributed by atoms with Gasteiger partial charge in [-0.15, -0.1) is 0 Å². The van der Waals surface area contributed by atoms with E-state index in [1.165, 1.54) is 0 Å². The molecule has 1 unspecified atom stereocenters. The fourth-order valence-corrected chi connectivity index (χ4v) is 5.38. The van der Waals surface area contributed by atoms with Crippen LogP contribution in [0.4, 0.5) is 0 Å². The Labute approximate surface area is 80.7 Å². The molecule has 0 aliphatic rings. The summed E-state index contributed by atoms with van der Waals surface area (Å²) in [5.41, 5.74) is 0. The van der Waals surface area contributed by atoms with Gasteiger partial charge in [0.1, 0.15) is 0 Å². The van der Waals surface area contributed by atoms with Gasteiger partial charge in [0.25, 0.3) is 0 Å². The van der Waals surface area contributed by atoms with Crippen LogP contribution in [0.25, 0.3) is 0 Å². The summed E-state index contributed by atoms with van der Waals surface area (Å²) in [6, 6.07) is 0. The average molecular weight is 233 g/mol. The molecule has 1 atom stereocenters. The maximum atomic E-state index is 11.3. The second-order valence-electron chi connectivity index (χ2n) is 3.05. The van der Waals surface area contributed by atoms with Crippen LogP contribution in [0.15, 0.2) is 11.1 Å². The van der Waals surface area contributed by atoms with E-state index in [1.54, 1.807) is 0 Å². The number of hydrogen-bond donors (Lipinski definition) is 0. The molecule has 0 heterocycles. The first kappa shape index (κ1) is 12.2. The van der Waals surface area contributed by atoms with Crippen molar-refractivity contribution in [2.75, 3.05) is 0 Å². The van der Waals surface area contributed by atoms with Gasteiger partial charge in [0.15, 0.2) is 0 Å². The Balaban J connectivity index is 3.76. The monoisotopic (exact) mass is 233 g/mol. The number of rotatable bonds is 5. The van der Waals surface area contributed by atoms with E-state index in [1.807, 2.05) is 20.8 Å². The van der Waals surface area contributed by atoms with Crippen molar-refractivity contribution >= 4 is 9.04 Å². The number of allylic oxidation sites excluding steroid dienone is 1. The third kappa shape index (κ3) is 5.82. The molecule has 0 rings (SSSR count). The van der Waals surface area contributed by atoms with Gasteiger partial charge in [-0.3, -0.25) is 0 Å². The van der Waals surface area contributed by atoms with Gasteiger partial charge in [-0.25, -0.2) is 0 Å². The molecule has 0 aromatic carbocycles. The molecule has 0 saturated heterocycles. The van der Waals surface area contributed by atoms with Gasteiger partial charge in [0, 0.05) is 0 Å². The minimum atomic E-state index is -1.22. The van der Waals surface area contributed by atoms with Crippen LogP contribution in [0.3, 0.4) is 0 Å². The van der Waals surface area contributed by atoms with Gasteiger partial charge in [-0.2, -0.15) is 0 Å². The minimum absolute atomic E-state index is 0.264. The number of hydrogen-bond acceptors (Lipinski definition) is 2. The molecular weight excluding hydrogens is 215 g/mol. The fourth-order valence-electron chi connectivity index (χ4n) is 0.787. The van der Waals surface area contributed by atoms with Crippen molar-refractivity contribution in [3.05, 3.63) is 11.1 Å². The van der Waals surface area contributed by atoms with Crippen LogP contribution in [0.1, 0.15) is 20.8 Å². The second-order valence-corrected chi connectivity index (χ2v) is 8.26. The maximum absolute atomic E-state index is 11.3. The topological polar surface area (TPSA) is 26.3 Å². The SMILES string of the molecule is C=[C](C)[Co](=[O])[CH2][SiH](C)OC(C)C. The third-order valence-electron chi connectivity index (χ3n) is 1.14. The average Bonchev–Trinajstić information content (AvgIpc) is 1.84. The van der Waals surface area contributed by atoms with Crippen molar-refractivity contribution in [2.45, 2.75) is 38.4 Å². The molecule has 0 fully saturated rings. The van der Waals surface area contributed by atoms with Crippen LogP contribution in [-0.4, -0.2) is 15.1 Å². The van der Waals surface area contributed by atoms with Crippen LogP contribution in [0.5, 0.6) is 0 Å². The molecule has 0 radical (unpaired) electrons. The van der Waals surface area contributed by atoms with Gasteiger partial charge in [0.2, 0.25) is 0 Å². The van der Waals surface area contributed by atoms with Crippen molar-refractivity contribution in [3.63, 3.8) is 0 Å². The van der Waals surface area contributed by atoms with Crippen molar-refractivity contribution in [1.82, 2.24) is 0 Å². The zero-order valence-electron chi connectivity index (χ0n) is 8.22. The normalized spacial score (nSPS) is 14.6. The van der Waals surface area contributed by atoms with E-state index in [0.717, 1.165) is 9.49 Å². The molecule has 12 heavy (non-hydrogen) atoms. The molecule has 2 nitrogen and oxygen atoms in total. The first-order valence-corrected chi connectivity index (χ1v) is 8.13. The first-order valence-electron chi connectivity index (χ1n) is 4.00. The van der Waals surface area contributed by atoms with Crippen molar-refractivity contribution in [2.24, 2.45) is 0 Å². The van der Waals surface area contributed by atoms with Gasteiger partial charge < -0.3 is 0 Å². The molecule has 0 bridgehead atoms. The standard InChI is InChI=1S/C5H13OSi.C3H5.Co.O/c1-5(2)6-7(3)4;1-3-2;;/h5,7H,3H2,1-2,4H3;1H2,2H3;;. The predicted molar refractivity (Wildman–Crippen MR) is 49.5 cm³/mol. The Hall–Kier alpha value is 0.223. The third-order valence-corrected chi connectivity index (χ3v) is 6.72. The van der Waals surface area contributed by atoms with Crippen LogP contribution in [0, 0.1) is 0 Å². The van der Waals surface area contributed by atoms with Gasteiger partial charge in [0.05, 0.1) is 0 Å². The van der Waals surface area contributed by atoms with E-state index in [0.29, 0.717) is 0 Å². The van der Waals surface area contributed by atoms with E-state index in [2.05, 4.69) is 13.1 Å². The molecule has 4 heteroatoms. The van der Waals surface area contributed by atoms with Crippen LogP contribution >= 0.6 is 0 Å². The summed E-state index contributed by atoms with van der Waals surface area (Å²) in [7, 11) is -1.22. The van der Waals surface area contributed by atoms with E-state index in [-0.39, 0.29) is 6.10 Å². The summed E-state index contributed by atoms with van der Waals surface area (Å²) < 4.78 is 17.7. The van der Waals surface area contributed by atoms with Crippen LogP contribution < -0.4 is 0 Å². The Morgan fingerprint density at radius 2 is 2.17 bits per heavy atom. The molecule has 0 spiro atoms. The summed E-state index contributed by atoms with van der Waals surface area (Å²) in [5.74, 6) is 0. The van der Waals surface area contributed by atoms with Gasteiger partial charge in [-0.1, -0.05) is 0 Å². The Kier molecular flexibility index (Phi) is 5.91. The summed E-state index contributed by atoms with van der Waals surface area (Å²) in [6.07, 6.45) is 0.264. The molecule has 0 aliphatic heterocycles. The molecule has 0 aromatic rings. The molecular formula is C8H18CoO2Si. The molecule has 0 N–H and O–H groups in total. The Morgan fingerprint density at radius 3 is 2.50 bits per heavy atom. The Bertz CT molecular complexity index is 180. The van der Waals surface area contributed by atoms with Crippen molar-refractivity contribution < 1.29 is 21.9 Å². The molecule has 0 saturated carbocycles. The second kappa shape index (κ2) is 5.80. The van der Waals surface area contributed by atoms with Crippen molar-refractivity contribution in [1.29, 1.82) is 0 Å².